The highest BCUT2D eigenvalue weighted by molar-refractivity contribution is 9.10. The van der Waals surface area contributed by atoms with Crippen molar-refractivity contribution in [3.63, 3.8) is 0 Å². The molecule has 0 radical (unpaired) electrons. The monoisotopic (exact) mass is 368 g/mol. The van der Waals surface area contributed by atoms with E-state index in [9.17, 15) is 4.79 Å². The van der Waals surface area contributed by atoms with Gasteiger partial charge in [0.2, 0.25) is 0 Å². The Hall–Kier alpha value is -1.66. The lowest BCUT2D eigenvalue weighted by atomic mass is 10.2. The van der Waals surface area contributed by atoms with Crippen LogP contribution in [0.2, 0.25) is 5.02 Å². The van der Waals surface area contributed by atoms with Crippen molar-refractivity contribution in [2.75, 3.05) is 17.2 Å². The molecule has 0 spiro atoms. The molecule has 7 heteroatoms. The Balaban J connectivity index is 2.23. The second-order valence-electron chi connectivity index (χ2n) is 4.30. The van der Waals surface area contributed by atoms with E-state index >= 15 is 0 Å². The molecule has 2 heterocycles. The summed E-state index contributed by atoms with van der Waals surface area (Å²) < 4.78 is 0.886. The fourth-order valence-corrected chi connectivity index (χ4v) is 2.10. The van der Waals surface area contributed by atoms with E-state index in [0.717, 1.165) is 10.2 Å². The van der Waals surface area contributed by atoms with E-state index in [-0.39, 0.29) is 5.91 Å². The van der Waals surface area contributed by atoms with Gasteiger partial charge >= 0.3 is 0 Å². The lowest BCUT2D eigenvalue weighted by molar-refractivity contribution is 0.102. The fourth-order valence-electron chi connectivity index (χ4n) is 1.69. The minimum atomic E-state index is -0.323. The summed E-state index contributed by atoms with van der Waals surface area (Å²) in [6.07, 6.45) is 1.45. The molecule has 5 nitrogen and oxygen atoms in total. The van der Waals surface area contributed by atoms with Crippen molar-refractivity contribution in [1.82, 2.24) is 9.97 Å². The number of anilines is 2. The fraction of sp³-hybridized carbons (Fsp3) is 0.214. The van der Waals surface area contributed by atoms with Crippen LogP contribution in [-0.2, 0) is 0 Å². The van der Waals surface area contributed by atoms with Crippen LogP contribution in [0.15, 0.2) is 28.9 Å². The molecule has 0 unspecified atom stereocenters. The second kappa shape index (κ2) is 6.87. The van der Waals surface area contributed by atoms with Crippen LogP contribution < -0.4 is 10.6 Å². The van der Waals surface area contributed by atoms with Gasteiger partial charge in [-0.05, 0) is 48.0 Å². The Kier molecular flexibility index (Phi) is 5.14. The zero-order valence-electron chi connectivity index (χ0n) is 11.6. The van der Waals surface area contributed by atoms with Crippen molar-refractivity contribution in [3.05, 3.63) is 45.1 Å². The number of hydrogen-bond acceptors (Lipinski definition) is 4. The average molecular weight is 370 g/mol. The quantitative estimate of drug-likeness (QED) is 0.858. The van der Waals surface area contributed by atoms with Crippen molar-refractivity contribution >= 4 is 45.1 Å². The van der Waals surface area contributed by atoms with Crippen molar-refractivity contribution in [1.29, 1.82) is 0 Å². The first-order chi connectivity index (χ1) is 10.0. The van der Waals surface area contributed by atoms with Crippen LogP contribution in [0.3, 0.4) is 0 Å². The Morgan fingerprint density at radius 1 is 1.38 bits per heavy atom. The molecule has 0 saturated carbocycles. The molecular formula is C14H14BrClN4O. The molecule has 0 aliphatic heterocycles. The van der Waals surface area contributed by atoms with Crippen LogP contribution >= 0.6 is 27.5 Å². The van der Waals surface area contributed by atoms with E-state index in [1.807, 2.05) is 19.9 Å². The number of aryl methyl sites for hydroxylation is 1. The highest BCUT2D eigenvalue weighted by atomic mass is 79.9. The van der Waals surface area contributed by atoms with Gasteiger partial charge in [-0.15, -0.1) is 0 Å². The maximum atomic E-state index is 12.3. The molecule has 0 bridgehead atoms. The molecule has 21 heavy (non-hydrogen) atoms. The second-order valence-corrected chi connectivity index (χ2v) is 5.56. The van der Waals surface area contributed by atoms with E-state index < -0.39 is 0 Å². The summed E-state index contributed by atoms with van der Waals surface area (Å²) in [5, 5.41) is 6.06. The minimum Gasteiger partial charge on any atom is -0.370 e. The van der Waals surface area contributed by atoms with E-state index in [1.54, 1.807) is 12.1 Å². The largest absolute Gasteiger partial charge is 0.370 e. The Labute approximate surface area is 136 Å². The van der Waals surface area contributed by atoms with Gasteiger partial charge < -0.3 is 10.6 Å². The number of rotatable bonds is 4. The van der Waals surface area contributed by atoms with E-state index in [2.05, 4.69) is 36.5 Å². The number of nitrogens with zero attached hydrogens (tertiary/aromatic N) is 2. The van der Waals surface area contributed by atoms with Crippen LogP contribution in [0.4, 0.5) is 11.6 Å². The van der Waals surface area contributed by atoms with Crippen LogP contribution in [0.25, 0.3) is 0 Å². The molecule has 2 N–H and O–H groups in total. The molecule has 0 aliphatic carbocycles. The number of pyridine rings is 2. The minimum absolute atomic E-state index is 0.294. The number of amides is 1. The number of halogens is 2. The van der Waals surface area contributed by atoms with Gasteiger partial charge in [-0.3, -0.25) is 4.79 Å². The van der Waals surface area contributed by atoms with Crippen LogP contribution in [-0.4, -0.2) is 22.4 Å². The van der Waals surface area contributed by atoms with E-state index in [4.69, 9.17) is 11.6 Å². The van der Waals surface area contributed by atoms with Gasteiger partial charge in [0.1, 0.15) is 11.6 Å². The highest BCUT2D eigenvalue weighted by Gasteiger charge is 2.13. The third kappa shape index (κ3) is 3.92. The first kappa shape index (κ1) is 15.7. The molecule has 2 aromatic rings. The van der Waals surface area contributed by atoms with Crippen molar-refractivity contribution in [2.24, 2.45) is 0 Å². The van der Waals surface area contributed by atoms with Crippen molar-refractivity contribution < 1.29 is 4.79 Å². The summed E-state index contributed by atoms with van der Waals surface area (Å²) in [5.41, 5.74) is 1.15. The first-order valence-electron chi connectivity index (χ1n) is 6.35. The molecule has 1 amide bonds. The lowest BCUT2D eigenvalue weighted by Gasteiger charge is -2.09. The summed E-state index contributed by atoms with van der Waals surface area (Å²) in [6.45, 7) is 4.51. The van der Waals surface area contributed by atoms with E-state index in [0.29, 0.717) is 28.8 Å². The van der Waals surface area contributed by atoms with Gasteiger partial charge in [0.15, 0.2) is 0 Å². The Morgan fingerprint density at radius 2 is 2.14 bits per heavy atom. The predicted octanol–water partition coefficient (Wildman–Crippen LogP) is 3.89. The van der Waals surface area contributed by atoms with Crippen LogP contribution in [0.1, 0.15) is 23.0 Å². The van der Waals surface area contributed by atoms with E-state index in [1.165, 1.54) is 6.20 Å². The molecular weight excluding hydrogens is 356 g/mol. The molecule has 0 atom stereocenters. The summed E-state index contributed by atoms with van der Waals surface area (Å²) in [4.78, 5) is 20.7. The van der Waals surface area contributed by atoms with Gasteiger partial charge in [0, 0.05) is 17.2 Å². The van der Waals surface area contributed by atoms with Gasteiger partial charge in [-0.2, -0.15) is 0 Å². The number of carbonyl (C=O) groups is 1. The van der Waals surface area contributed by atoms with Gasteiger partial charge in [-0.1, -0.05) is 11.6 Å². The molecule has 0 aromatic carbocycles. The summed E-state index contributed by atoms with van der Waals surface area (Å²) in [5.74, 6) is 0.751. The normalized spacial score (nSPS) is 10.3. The maximum Gasteiger partial charge on any atom is 0.258 e. The Bertz CT molecular complexity index is 678. The number of hydrogen-bond donors (Lipinski definition) is 2. The molecule has 2 rings (SSSR count). The zero-order chi connectivity index (χ0) is 15.4. The molecule has 0 aliphatic rings. The van der Waals surface area contributed by atoms with Crippen LogP contribution in [0.5, 0.6) is 0 Å². The summed E-state index contributed by atoms with van der Waals surface area (Å²) in [6, 6.07) is 5.17. The van der Waals surface area contributed by atoms with Crippen molar-refractivity contribution in [3.8, 4) is 0 Å². The van der Waals surface area contributed by atoms with Crippen LogP contribution in [0, 0.1) is 6.92 Å². The molecule has 0 fully saturated rings. The Morgan fingerprint density at radius 3 is 2.81 bits per heavy atom. The number of carbonyl (C=O) groups excluding carboxylic acids is 1. The SMILES string of the molecule is CCNc1cc(C(=O)Nc2ccc(Br)c(C)n2)c(Cl)cn1. The predicted molar refractivity (Wildman–Crippen MR) is 88.0 cm³/mol. The summed E-state index contributed by atoms with van der Waals surface area (Å²) >= 11 is 9.40. The topological polar surface area (TPSA) is 66.9 Å². The zero-order valence-corrected chi connectivity index (χ0v) is 13.9. The third-order valence-corrected chi connectivity index (χ3v) is 3.86. The van der Waals surface area contributed by atoms with Crippen molar-refractivity contribution in [2.45, 2.75) is 13.8 Å². The third-order valence-electron chi connectivity index (χ3n) is 2.72. The smallest absolute Gasteiger partial charge is 0.258 e. The van der Waals surface area contributed by atoms with Gasteiger partial charge in [0.05, 0.1) is 16.3 Å². The number of aromatic nitrogens is 2. The molecule has 110 valence electrons. The summed E-state index contributed by atoms with van der Waals surface area (Å²) in [7, 11) is 0. The highest BCUT2D eigenvalue weighted by Crippen LogP contribution is 2.20. The average Bonchev–Trinajstić information content (AvgIpc) is 2.45. The van der Waals surface area contributed by atoms with Gasteiger partial charge in [0.25, 0.3) is 5.91 Å². The standard InChI is InChI=1S/C14H14BrClN4O/c1-3-17-13-6-9(11(16)7-18-13)14(21)20-12-5-4-10(15)8(2)19-12/h4-7H,3H2,1-2H3,(H,17,18)(H,19,20,21). The maximum absolute atomic E-state index is 12.3. The number of nitrogens with one attached hydrogen (secondary N) is 2. The van der Waals surface area contributed by atoms with Gasteiger partial charge in [-0.25, -0.2) is 9.97 Å². The molecule has 2 aromatic heterocycles. The lowest BCUT2D eigenvalue weighted by Crippen LogP contribution is -2.14. The first-order valence-corrected chi connectivity index (χ1v) is 7.52. The molecule has 0 saturated heterocycles.